The number of benzene rings is 1. The normalized spacial score (nSPS) is 13.8. The van der Waals surface area contributed by atoms with Crippen LogP contribution in [0.3, 0.4) is 0 Å². The van der Waals surface area contributed by atoms with Crippen molar-refractivity contribution in [3.8, 4) is 11.4 Å². The number of nitrogens with zero attached hydrogens (tertiary/aromatic N) is 2. The average Bonchev–Trinajstić information content (AvgIpc) is 3.19. The second-order valence-corrected chi connectivity index (χ2v) is 5.46. The number of hydrogen-bond donors (Lipinski definition) is 2. The van der Waals surface area contributed by atoms with E-state index >= 15 is 0 Å². The highest BCUT2D eigenvalue weighted by Gasteiger charge is 2.21. The lowest BCUT2D eigenvalue weighted by Crippen LogP contribution is -2.36. The monoisotopic (exact) mass is 302 g/mol. The maximum Gasteiger partial charge on any atom is 0.166 e. The minimum Gasteiger partial charge on any atom is -0.497 e. The summed E-state index contributed by atoms with van der Waals surface area (Å²) in [5, 5.41) is 11.7. The van der Waals surface area contributed by atoms with Gasteiger partial charge in [-0.15, -0.1) is 0 Å². The van der Waals surface area contributed by atoms with Gasteiger partial charge < -0.3 is 15.4 Å². The molecule has 1 heterocycles. The molecule has 5 nitrogen and oxygen atoms in total. The third-order valence-corrected chi connectivity index (χ3v) is 3.59. The fraction of sp³-hybridized carbons (Fsp3) is 0.333. The topological polar surface area (TPSA) is 51.1 Å². The van der Waals surface area contributed by atoms with Crippen molar-refractivity contribution < 1.29 is 4.74 Å². The van der Waals surface area contributed by atoms with Crippen LogP contribution < -0.4 is 15.4 Å². The first-order valence-electron chi connectivity index (χ1n) is 6.98. The second kappa shape index (κ2) is 6.13. The predicted molar refractivity (Wildman–Crippen MR) is 85.7 cm³/mol. The van der Waals surface area contributed by atoms with Crippen LogP contribution in [0.15, 0.2) is 36.5 Å². The van der Waals surface area contributed by atoms with Crippen LogP contribution in [-0.4, -0.2) is 28.0 Å². The molecule has 1 fully saturated rings. The summed E-state index contributed by atoms with van der Waals surface area (Å²) in [6.07, 6.45) is 4.37. The van der Waals surface area contributed by atoms with E-state index in [1.807, 2.05) is 41.2 Å². The molecule has 2 aromatic rings. The Hall–Kier alpha value is -2.08. The van der Waals surface area contributed by atoms with Gasteiger partial charge in [-0.25, -0.2) is 4.68 Å². The summed E-state index contributed by atoms with van der Waals surface area (Å²) >= 11 is 5.23. The van der Waals surface area contributed by atoms with Crippen molar-refractivity contribution in [1.29, 1.82) is 0 Å². The van der Waals surface area contributed by atoms with Gasteiger partial charge in [0, 0.05) is 12.2 Å². The molecule has 1 aromatic carbocycles. The van der Waals surface area contributed by atoms with Crippen molar-refractivity contribution in [2.75, 3.05) is 7.11 Å². The van der Waals surface area contributed by atoms with Gasteiger partial charge in [0.25, 0.3) is 0 Å². The van der Waals surface area contributed by atoms with E-state index in [1.165, 1.54) is 12.8 Å². The molecular formula is C15H18N4OS. The van der Waals surface area contributed by atoms with Crippen LogP contribution in [0, 0.1) is 0 Å². The third-order valence-electron chi connectivity index (χ3n) is 3.32. The van der Waals surface area contributed by atoms with Crippen molar-refractivity contribution in [3.05, 3.63) is 42.2 Å². The van der Waals surface area contributed by atoms with E-state index in [0.717, 1.165) is 17.1 Å². The van der Waals surface area contributed by atoms with E-state index in [4.69, 9.17) is 17.0 Å². The van der Waals surface area contributed by atoms with E-state index in [-0.39, 0.29) is 0 Å². The van der Waals surface area contributed by atoms with Crippen LogP contribution in [0.5, 0.6) is 5.75 Å². The Kier molecular flexibility index (Phi) is 4.06. The third kappa shape index (κ3) is 3.72. The molecular weight excluding hydrogens is 284 g/mol. The summed E-state index contributed by atoms with van der Waals surface area (Å²) in [5.41, 5.74) is 1.95. The zero-order valence-electron chi connectivity index (χ0n) is 11.9. The molecule has 0 spiro atoms. The summed E-state index contributed by atoms with van der Waals surface area (Å²) in [4.78, 5) is 0. The van der Waals surface area contributed by atoms with Gasteiger partial charge in [-0.1, -0.05) is 0 Å². The van der Waals surface area contributed by atoms with Crippen LogP contribution in [0.4, 0.5) is 0 Å². The molecule has 0 aliphatic heterocycles. The van der Waals surface area contributed by atoms with Crippen LogP contribution in [0.25, 0.3) is 5.69 Å². The van der Waals surface area contributed by atoms with Gasteiger partial charge in [0.15, 0.2) is 5.11 Å². The van der Waals surface area contributed by atoms with Crippen molar-refractivity contribution in [1.82, 2.24) is 20.4 Å². The summed E-state index contributed by atoms with van der Waals surface area (Å²) in [7, 11) is 1.66. The largest absolute Gasteiger partial charge is 0.497 e. The molecule has 0 amide bonds. The highest BCUT2D eigenvalue weighted by Crippen LogP contribution is 2.18. The molecule has 21 heavy (non-hydrogen) atoms. The zero-order chi connectivity index (χ0) is 14.7. The minimum absolute atomic E-state index is 0.571. The van der Waals surface area contributed by atoms with Crippen LogP contribution in [0.1, 0.15) is 18.5 Å². The maximum absolute atomic E-state index is 5.23. The lowest BCUT2D eigenvalue weighted by Gasteiger charge is -2.07. The fourth-order valence-corrected chi connectivity index (χ4v) is 2.21. The molecule has 0 radical (unpaired) electrons. The highest BCUT2D eigenvalue weighted by atomic mass is 32.1. The first-order chi connectivity index (χ1) is 10.2. The predicted octanol–water partition coefficient (Wildman–Crippen LogP) is 2.01. The molecule has 2 N–H and O–H groups in total. The van der Waals surface area contributed by atoms with Gasteiger partial charge in [0.05, 0.1) is 25.0 Å². The molecule has 1 saturated carbocycles. The van der Waals surface area contributed by atoms with Crippen LogP contribution in [-0.2, 0) is 6.54 Å². The Bertz CT molecular complexity index is 619. The molecule has 110 valence electrons. The Morgan fingerprint density at radius 3 is 2.76 bits per heavy atom. The Balaban J connectivity index is 1.58. The Morgan fingerprint density at radius 2 is 2.10 bits per heavy atom. The lowest BCUT2D eigenvalue weighted by molar-refractivity contribution is 0.414. The first-order valence-corrected chi connectivity index (χ1v) is 7.39. The number of methoxy groups -OCH3 is 1. The molecule has 0 saturated heterocycles. The molecule has 0 bridgehead atoms. The molecule has 0 unspecified atom stereocenters. The van der Waals surface area contributed by atoms with Crippen molar-refractivity contribution in [2.45, 2.75) is 25.4 Å². The van der Waals surface area contributed by atoms with E-state index < -0.39 is 0 Å². The van der Waals surface area contributed by atoms with E-state index in [9.17, 15) is 0 Å². The summed E-state index contributed by atoms with van der Waals surface area (Å²) in [6, 6.07) is 10.3. The van der Waals surface area contributed by atoms with Gasteiger partial charge in [-0.2, -0.15) is 5.10 Å². The summed E-state index contributed by atoms with van der Waals surface area (Å²) in [6.45, 7) is 0.627. The number of hydrogen-bond acceptors (Lipinski definition) is 3. The summed E-state index contributed by atoms with van der Waals surface area (Å²) in [5.74, 6) is 0.837. The fourth-order valence-electron chi connectivity index (χ4n) is 1.97. The Labute approximate surface area is 129 Å². The summed E-state index contributed by atoms with van der Waals surface area (Å²) < 4.78 is 6.99. The van der Waals surface area contributed by atoms with E-state index in [2.05, 4.69) is 15.7 Å². The molecule has 1 aromatic heterocycles. The minimum atomic E-state index is 0.571. The lowest BCUT2D eigenvalue weighted by atomic mass is 10.3. The molecule has 1 aliphatic rings. The van der Waals surface area contributed by atoms with Crippen molar-refractivity contribution in [2.24, 2.45) is 0 Å². The number of ether oxygens (including phenoxy) is 1. The standard InChI is InChI=1S/C15H18N4OS/c1-20-14-6-4-13(5-7-14)19-9-8-12(18-19)10-16-15(21)17-11-2-3-11/h4-9,11H,2-3,10H2,1H3,(H2,16,17,21). The average molecular weight is 302 g/mol. The maximum atomic E-state index is 5.23. The first kappa shape index (κ1) is 13.9. The van der Waals surface area contributed by atoms with Gasteiger partial charge in [-0.3, -0.25) is 0 Å². The van der Waals surface area contributed by atoms with E-state index in [1.54, 1.807) is 7.11 Å². The van der Waals surface area contributed by atoms with Crippen LogP contribution in [0.2, 0.25) is 0 Å². The van der Waals surface area contributed by atoms with Gasteiger partial charge in [0.1, 0.15) is 5.75 Å². The molecule has 1 aliphatic carbocycles. The second-order valence-electron chi connectivity index (χ2n) is 5.05. The quantitative estimate of drug-likeness (QED) is 0.828. The number of nitrogens with one attached hydrogen (secondary N) is 2. The van der Waals surface area contributed by atoms with Gasteiger partial charge >= 0.3 is 0 Å². The van der Waals surface area contributed by atoms with Crippen molar-refractivity contribution in [3.63, 3.8) is 0 Å². The zero-order valence-corrected chi connectivity index (χ0v) is 12.7. The van der Waals surface area contributed by atoms with E-state index in [0.29, 0.717) is 17.7 Å². The Morgan fingerprint density at radius 1 is 1.33 bits per heavy atom. The molecule has 6 heteroatoms. The van der Waals surface area contributed by atoms with Gasteiger partial charge in [-0.05, 0) is 55.4 Å². The molecule has 0 atom stereocenters. The number of rotatable bonds is 5. The van der Waals surface area contributed by atoms with Gasteiger partial charge in [0.2, 0.25) is 0 Å². The highest BCUT2D eigenvalue weighted by molar-refractivity contribution is 7.80. The SMILES string of the molecule is COc1ccc(-n2ccc(CNC(=S)NC3CC3)n2)cc1. The number of thiocarbonyl (C=S) groups is 1. The number of aromatic nitrogens is 2. The van der Waals surface area contributed by atoms with Crippen LogP contribution >= 0.6 is 12.2 Å². The smallest absolute Gasteiger partial charge is 0.166 e. The van der Waals surface area contributed by atoms with Crippen molar-refractivity contribution >= 4 is 17.3 Å². The molecule has 3 rings (SSSR count).